The molecule has 0 unspecified atom stereocenters. The van der Waals surface area contributed by atoms with E-state index in [0.717, 1.165) is 5.56 Å². The maximum absolute atomic E-state index is 12.3. The normalized spacial score (nSPS) is 15.9. The molecule has 1 fully saturated rings. The fourth-order valence-corrected chi connectivity index (χ4v) is 3.61. The van der Waals surface area contributed by atoms with Crippen molar-refractivity contribution in [2.45, 2.75) is 6.61 Å². The van der Waals surface area contributed by atoms with Crippen molar-refractivity contribution in [2.24, 2.45) is 0 Å². The third-order valence-electron chi connectivity index (χ3n) is 3.86. The van der Waals surface area contributed by atoms with Crippen LogP contribution in [0.2, 0.25) is 5.02 Å². The summed E-state index contributed by atoms with van der Waals surface area (Å²) < 4.78 is 6.42. The van der Waals surface area contributed by atoms with Crippen LogP contribution in [0.5, 0.6) is 5.75 Å². The van der Waals surface area contributed by atoms with Gasteiger partial charge in [-0.1, -0.05) is 41.9 Å². The van der Waals surface area contributed by atoms with Crippen LogP contribution >= 0.6 is 39.7 Å². The average molecular weight is 466 g/mol. The molecule has 1 heterocycles. The van der Waals surface area contributed by atoms with E-state index in [1.165, 1.54) is 18.0 Å². The Bertz CT molecular complexity index is 940. The van der Waals surface area contributed by atoms with E-state index in [0.29, 0.717) is 27.4 Å². The monoisotopic (exact) mass is 464 g/mol. The van der Waals surface area contributed by atoms with Crippen molar-refractivity contribution in [1.29, 1.82) is 0 Å². The highest BCUT2D eigenvalue weighted by atomic mass is 79.9. The van der Waals surface area contributed by atoms with Crippen molar-refractivity contribution < 1.29 is 14.3 Å². The summed E-state index contributed by atoms with van der Waals surface area (Å²) in [4.78, 5) is 25.6. The fraction of sp³-hybridized carbons (Fsp3) is 0.105. The van der Waals surface area contributed by atoms with E-state index in [1.807, 2.05) is 30.3 Å². The highest BCUT2D eigenvalue weighted by molar-refractivity contribution is 9.10. The van der Waals surface area contributed by atoms with Crippen molar-refractivity contribution >= 4 is 62.8 Å². The zero-order chi connectivity index (χ0) is 19.6. The number of amides is 2. The third kappa shape index (κ3) is 4.37. The SMILES string of the molecule is CN1C(=O)/C(=C/c2cc(Cl)c(OCc3ccccc3)c(Br)c2)C(=O)NC1=S. The number of ether oxygens (including phenoxy) is 1. The van der Waals surface area contributed by atoms with Gasteiger partial charge in [0.05, 0.1) is 9.50 Å². The lowest BCUT2D eigenvalue weighted by molar-refractivity contribution is -0.128. The predicted molar refractivity (Wildman–Crippen MR) is 111 cm³/mol. The topological polar surface area (TPSA) is 58.6 Å². The maximum atomic E-state index is 12.3. The summed E-state index contributed by atoms with van der Waals surface area (Å²) in [6, 6.07) is 13.1. The Morgan fingerprint density at radius 1 is 1.26 bits per heavy atom. The second-order valence-corrected chi connectivity index (χ2v) is 7.42. The second-order valence-electron chi connectivity index (χ2n) is 5.77. The van der Waals surface area contributed by atoms with Crippen molar-refractivity contribution in [1.82, 2.24) is 10.2 Å². The minimum Gasteiger partial charge on any atom is -0.486 e. The van der Waals surface area contributed by atoms with Gasteiger partial charge in [-0.05, 0) is 57.5 Å². The van der Waals surface area contributed by atoms with Gasteiger partial charge in [0, 0.05) is 7.05 Å². The Morgan fingerprint density at radius 3 is 2.63 bits per heavy atom. The number of nitrogens with zero attached hydrogens (tertiary/aromatic N) is 1. The molecule has 1 aliphatic rings. The summed E-state index contributed by atoms with van der Waals surface area (Å²) in [5, 5.41) is 2.90. The smallest absolute Gasteiger partial charge is 0.265 e. The van der Waals surface area contributed by atoms with Gasteiger partial charge in [-0.15, -0.1) is 0 Å². The second kappa shape index (κ2) is 8.21. The summed E-state index contributed by atoms with van der Waals surface area (Å²) in [7, 11) is 1.50. The van der Waals surface area contributed by atoms with E-state index in [4.69, 9.17) is 28.6 Å². The number of carbonyl (C=O) groups is 2. The van der Waals surface area contributed by atoms with Gasteiger partial charge < -0.3 is 4.74 Å². The third-order valence-corrected chi connectivity index (χ3v) is 5.11. The minimum atomic E-state index is -0.542. The Hall–Kier alpha value is -2.22. The van der Waals surface area contributed by atoms with Crippen LogP contribution < -0.4 is 10.1 Å². The molecule has 3 rings (SSSR count). The number of likely N-dealkylation sites (N-methyl/N-ethyl adjacent to an activating group) is 1. The van der Waals surface area contributed by atoms with E-state index in [1.54, 1.807) is 12.1 Å². The van der Waals surface area contributed by atoms with Crippen LogP contribution in [0.1, 0.15) is 11.1 Å². The number of rotatable bonds is 4. The molecule has 0 bridgehead atoms. The summed E-state index contributed by atoms with van der Waals surface area (Å²) in [5.74, 6) is -0.527. The molecule has 2 aromatic carbocycles. The lowest BCUT2D eigenvalue weighted by Crippen LogP contribution is -2.52. The van der Waals surface area contributed by atoms with E-state index in [-0.39, 0.29) is 10.7 Å². The molecule has 0 aliphatic carbocycles. The molecular weight excluding hydrogens is 452 g/mol. The van der Waals surface area contributed by atoms with Gasteiger partial charge in [-0.3, -0.25) is 19.8 Å². The molecule has 0 saturated carbocycles. The largest absolute Gasteiger partial charge is 0.486 e. The predicted octanol–water partition coefficient (Wildman–Crippen LogP) is 3.94. The Balaban J connectivity index is 1.85. The van der Waals surface area contributed by atoms with E-state index in [9.17, 15) is 9.59 Å². The van der Waals surface area contributed by atoms with Gasteiger partial charge in [-0.25, -0.2) is 0 Å². The van der Waals surface area contributed by atoms with Gasteiger partial charge in [0.1, 0.15) is 12.2 Å². The van der Waals surface area contributed by atoms with Crippen LogP contribution in [-0.4, -0.2) is 28.9 Å². The number of nitrogens with one attached hydrogen (secondary N) is 1. The lowest BCUT2D eigenvalue weighted by Gasteiger charge is -2.25. The van der Waals surface area contributed by atoms with Crippen molar-refractivity contribution in [3.63, 3.8) is 0 Å². The van der Waals surface area contributed by atoms with Crippen molar-refractivity contribution in [3.8, 4) is 5.75 Å². The highest BCUT2D eigenvalue weighted by Gasteiger charge is 2.30. The van der Waals surface area contributed by atoms with Crippen molar-refractivity contribution in [2.75, 3.05) is 7.05 Å². The molecule has 1 aliphatic heterocycles. The summed E-state index contributed by atoms with van der Waals surface area (Å²) in [6.45, 7) is 0.364. The molecule has 0 atom stereocenters. The molecule has 8 heteroatoms. The Morgan fingerprint density at radius 2 is 1.96 bits per heavy atom. The summed E-state index contributed by atoms with van der Waals surface area (Å²) in [5.41, 5.74) is 1.57. The summed E-state index contributed by atoms with van der Waals surface area (Å²) in [6.07, 6.45) is 1.47. The first-order chi connectivity index (χ1) is 12.9. The van der Waals surface area contributed by atoms with E-state index < -0.39 is 11.8 Å². The maximum Gasteiger partial charge on any atom is 0.265 e. The first-order valence-corrected chi connectivity index (χ1v) is 9.45. The first-order valence-electron chi connectivity index (χ1n) is 7.87. The fourth-order valence-electron chi connectivity index (χ4n) is 2.44. The van der Waals surface area contributed by atoms with E-state index in [2.05, 4.69) is 21.2 Å². The molecule has 138 valence electrons. The van der Waals surface area contributed by atoms with Crippen LogP contribution in [0.3, 0.4) is 0 Å². The molecule has 1 N–H and O–H groups in total. The average Bonchev–Trinajstić information content (AvgIpc) is 2.63. The van der Waals surface area contributed by atoms with Gasteiger partial charge in [-0.2, -0.15) is 0 Å². The number of thiocarbonyl (C=S) groups is 1. The van der Waals surface area contributed by atoms with Crippen LogP contribution in [0.25, 0.3) is 6.08 Å². The van der Waals surface area contributed by atoms with Crippen molar-refractivity contribution in [3.05, 3.63) is 68.7 Å². The van der Waals surface area contributed by atoms with E-state index >= 15 is 0 Å². The summed E-state index contributed by atoms with van der Waals surface area (Å²) >= 11 is 14.7. The quantitative estimate of drug-likeness (QED) is 0.422. The molecule has 5 nitrogen and oxygen atoms in total. The number of benzene rings is 2. The number of hydrogen-bond acceptors (Lipinski definition) is 4. The molecule has 2 amide bonds. The Kier molecular flexibility index (Phi) is 5.94. The standard InChI is InChI=1S/C19H14BrClN2O3S/c1-23-18(25)13(17(24)22-19(23)27)7-12-8-14(20)16(15(21)9-12)26-10-11-5-3-2-4-6-11/h2-9H,10H2,1H3,(H,22,24,27)/b13-7+. The van der Waals surface area contributed by atoms with Gasteiger partial charge in [0.15, 0.2) is 10.9 Å². The lowest BCUT2D eigenvalue weighted by atomic mass is 10.1. The first kappa shape index (κ1) is 19.5. The van der Waals surface area contributed by atoms with Gasteiger partial charge >= 0.3 is 0 Å². The zero-order valence-corrected chi connectivity index (χ0v) is 17.3. The zero-order valence-electron chi connectivity index (χ0n) is 14.2. The minimum absolute atomic E-state index is 0.0213. The van der Waals surface area contributed by atoms with Gasteiger partial charge in [0.2, 0.25) is 0 Å². The van der Waals surface area contributed by atoms with Crippen LogP contribution in [0.15, 0.2) is 52.5 Å². The van der Waals surface area contributed by atoms with Crippen LogP contribution in [0.4, 0.5) is 0 Å². The molecule has 0 radical (unpaired) electrons. The molecule has 1 saturated heterocycles. The molecule has 0 aromatic heterocycles. The Labute approximate surface area is 175 Å². The molecular formula is C19H14BrClN2O3S. The van der Waals surface area contributed by atoms with Gasteiger partial charge in [0.25, 0.3) is 11.8 Å². The number of halogens is 2. The number of hydrogen-bond donors (Lipinski definition) is 1. The molecule has 0 spiro atoms. The highest BCUT2D eigenvalue weighted by Crippen LogP contribution is 2.35. The van der Waals surface area contributed by atoms with Crippen LogP contribution in [0, 0.1) is 0 Å². The molecule has 2 aromatic rings. The van der Waals surface area contributed by atoms with Crippen LogP contribution in [-0.2, 0) is 16.2 Å². The molecule has 27 heavy (non-hydrogen) atoms. The number of carbonyl (C=O) groups excluding carboxylic acids is 2.